The van der Waals surface area contributed by atoms with Gasteiger partial charge < -0.3 is 19.5 Å². The molecule has 7 nitrogen and oxygen atoms in total. The molecular formula is C18H25N5O2. The highest BCUT2D eigenvalue weighted by atomic mass is 16.3. The Morgan fingerprint density at radius 2 is 2.20 bits per heavy atom. The molecule has 2 aromatic rings. The summed E-state index contributed by atoms with van der Waals surface area (Å²) in [5.74, 6) is 1.89. The molecule has 1 atom stereocenters. The zero-order valence-electron chi connectivity index (χ0n) is 15.2. The maximum Gasteiger partial charge on any atom is 0.291 e. The zero-order chi connectivity index (χ0) is 18.0. The van der Waals surface area contributed by atoms with Gasteiger partial charge in [0.1, 0.15) is 11.6 Å². The summed E-state index contributed by atoms with van der Waals surface area (Å²) < 4.78 is 5.37. The van der Waals surface area contributed by atoms with Crippen molar-refractivity contribution < 1.29 is 9.21 Å². The lowest BCUT2D eigenvalue weighted by molar-refractivity contribution is 0.0815. The third kappa shape index (κ3) is 3.82. The second-order valence-corrected chi connectivity index (χ2v) is 6.67. The van der Waals surface area contributed by atoms with Crippen molar-refractivity contribution in [3.63, 3.8) is 0 Å². The third-order valence-corrected chi connectivity index (χ3v) is 4.59. The predicted octanol–water partition coefficient (Wildman–Crippen LogP) is 1.76. The van der Waals surface area contributed by atoms with Gasteiger partial charge in [-0.25, -0.2) is 9.97 Å². The van der Waals surface area contributed by atoms with Crippen LogP contribution in [0, 0.1) is 13.8 Å². The molecule has 2 aromatic heterocycles. The van der Waals surface area contributed by atoms with Crippen LogP contribution in [0.25, 0.3) is 0 Å². The van der Waals surface area contributed by atoms with Crippen molar-refractivity contribution >= 4 is 11.7 Å². The number of carbonyl (C=O) groups excluding carboxylic acids is 1. The Hall–Kier alpha value is -2.41. The summed E-state index contributed by atoms with van der Waals surface area (Å²) in [6.07, 6.45) is 2.72. The van der Waals surface area contributed by atoms with Crippen LogP contribution in [0.1, 0.15) is 34.1 Å². The lowest BCUT2D eigenvalue weighted by atomic mass is 10.2. The normalized spacial score (nSPS) is 17.1. The average molecular weight is 343 g/mol. The zero-order valence-corrected chi connectivity index (χ0v) is 15.2. The van der Waals surface area contributed by atoms with E-state index < -0.39 is 0 Å². The van der Waals surface area contributed by atoms with E-state index in [1.165, 1.54) is 4.90 Å². The van der Waals surface area contributed by atoms with Crippen LogP contribution in [0.2, 0.25) is 0 Å². The number of hydrogen-bond donors (Lipinski definition) is 1. The van der Waals surface area contributed by atoms with E-state index >= 15 is 0 Å². The molecule has 7 heteroatoms. The van der Waals surface area contributed by atoms with E-state index in [0.717, 1.165) is 48.9 Å². The number of nitrogens with zero attached hydrogens (tertiary/aromatic N) is 4. The summed E-state index contributed by atoms with van der Waals surface area (Å²) in [5.41, 5.74) is 1.88. The van der Waals surface area contributed by atoms with Gasteiger partial charge in [-0.1, -0.05) is 0 Å². The first kappa shape index (κ1) is 17.4. The largest absolute Gasteiger partial charge is 0.468 e. The molecule has 25 heavy (non-hydrogen) atoms. The maximum atomic E-state index is 12.2. The van der Waals surface area contributed by atoms with Crippen LogP contribution in [0.4, 0.5) is 5.82 Å². The molecule has 0 aromatic carbocycles. The Kier molecular flexibility index (Phi) is 5.03. The van der Waals surface area contributed by atoms with Gasteiger partial charge in [-0.2, -0.15) is 0 Å². The van der Waals surface area contributed by atoms with Gasteiger partial charge in [0, 0.05) is 44.5 Å². The molecule has 0 radical (unpaired) electrons. The molecule has 1 fully saturated rings. The monoisotopic (exact) mass is 343 g/mol. The summed E-state index contributed by atoms with van der Waals surface area (Å²) in [6, 6.07) is 4.23. The minimum atomic E-state index is -0.170. The Labute approximate surface area is 148 Å². The van der Waals surface area contributed by atoms with E-state index in [0.29, 0.717) is 6.04 Å². The SMILES string of the molecule is Cc1nc(C(=O)N(C)C)nc(N2CC[C@@H](NCc3ccco3)C2)c1C. The molecule has 3 heterocycles. The number of nitrogens with one attached hydrogen (secondary N) is 1. The fourth-order valence-corrected chi connectivity index (χ4v) is 2.99. The number of aromatic nitrogens is 2. The lowest BCUT2D eigenvalue weighted by Gasteiger charge is -2.22. The second-order valence-electron chi connectivity index (χ2n) is 6.67. The smallest absolute Gasteiger partial charge is 0.291 e. The number of anilines is 1. The van der Waals surface area contributed by atoms with Gasteiger partial charge in [0.05, 0.1) is 12.8 Å². The topological polar surface area (TPSA) is 74.5 Å². The Morgan fingerprint density at radius 3 is 2.88 bits per heavy atom. The van der Waals surface area contributed by atoms with Gasteiger partial charge in [0.25, 0.3) is 5.91 Å². The van der Waals surface area contributed by atoms with Crippen molar-refractivity contribution in [2.75, 3.05) is 32.1 Å². The summed E-state index contributed by atoms with van der Waals surface area (Å²) in [5, 5.41) is 3.52. The average Bonchev–Trinajstić information content (AvgIpc) is 3.25. The number of aryl methyl sites for hydroxylation is 1. The molecule has 1 aliphatic rings. The molecular weight excluding hydrogens is 318 g/mol. The van der Waals surface area contributed by atoms with E-state index in [9.17, 15) is 4.79 Å². The van der Waals surface area contributed by atoms with Gasteiger partial charge in [0.15, 0.2) is 0 Å². The molecule has 3 rings (SSSR count). The van der Waals surface area contributed by atoms with Crippen molar-refractivity contribution in [3.8, 4) is 0 Å². The molecule has 0 spiro atoms. The van der Waals surface area contributed by atoms with Crippen LogP contribution in [0.15, 0.2) is 22.8 Å². The Morgan fingerprint density at radius 1 is 1.40 bits per heavy atom. The van der Waals surface area contributed by atoms with Crippen LogP contribution in [-0.2, 0) is 6.54 Å². The predicted molar refractivity (Wildman–Crippen MR) is 95.7 cm³/mol. The summed E-state index contributed by atoms with van der Waals surface area (Å²) >= 11 is 0. The first-order valence-electron chi connectivity index (χ1n) is 8.53. The quantitative estimate of drug-likeness (QED) is 0.892. The summed E-state index contributed by atoms with van der Waals surface area (Å²) in [6.45, 7) is 6.42. The van der Waals surface area contributed by atoms with Crippen molar-refractivity contribution in [2.45, 2.75) is 32.9 Å². The van der Waals surface area contributed by atoms with Gasteiger partial charge in [-0.05, 0) is 32.4 Å². The number of hydrogen-bond acceptors (Lipinski definition) is 6. The number of furan rings is 1. The molecule has 0 aliphatic carbocycles. The van der Waals surface area contributed by atoms with Crippen LogP contribution >= 0.6 is 0 Å². The highest BCUT2D eigenvalue weighted by molar-refractivity contribution is 5.90. The summed E-state index contributed by atoms with van der Waals surface area (Å²) in [4.78, 5) is 24.9. The fourth-order valence-electron chi connectivity index (χ4n) is 2.99. The number of carbonyl (C=O) groups is 1. The van der Waals surface area contributed by atoms with Crippen LogP contribution in [0.3, 0.4) is 0 Å². The molecule has 134 valence electrons. The van der Waals surface area contributed by atoms with Crippen LogP contribution < -0.4 is 10.2 Å². The van der Waals surface area contributed by atoms with Crippen LogP contribution in [-0.4, -0.2) is 54.0 Å². The number of rotatable bonds is 5. The standard InChI is InChI=1S/C18H25N5O2/c1-12-13(2)20-16(18(24)22(3)4)21-17(12)23-8-7-14(11-23)19-10-15-6-5-9-25-15/h5-6,9,14,19H,7-8,10-11H2,1-4H3/t14-/m1/s1. The highest BCUT2D eigenvalue weighted by Crippen LogP contribution is 2.24. The van der Waals surface area contributed by atoms with Crippen LogP contribution in [0.5, 0.6) is 0 Å². The number of amides is 1. The first-order chi connectivity index (χ1) is 12.0. The fraction of sp³-hybridized carbons (Fsp3) is 0.500. The second kappa shape index (κ2) is 7.23. The van der Waals surface area contributed by atoms with E-state index in [4.69, 9.17) is 4.42 Å². The summed E-state index contributed by atoms with van der Waals surface area (Å²) in [7, 11) is 3.43. The minimum Gasteiger partial charge on any atom is -0.468 e. The molecule has 1 saturated heterocycles. The highest BCUT2D eigenvalue weighted by Gasteiger charge is 2.26. The van der Waals surface area contributed by atoms with Gasteiger partial charge in [-0.15, -0.1) is 0 Å². The van der Waals surface area contributed by atoms with Crippen molar-refractivity contribution in [1.82, 2.24) is 20.2 Å². The molecule has 0 bridgehead atoms. The molecule has 0 unspecified atom stereocenters. The van der Waals surface area contributed by atoms with E-state index in [2.05, 4.69) is 20.2 Å². The van der Waals surface area contributed by atoms with E-state index in [-0.39, 0.29) is 11.7 Å². The third-order valence-electron chi connectivity index (χ3n) is 4.59. The van der Waals surface area contributed by atoms with E-state index in [1.807, 2.05) is 26.0 Å². The van der Waals surface area contributed by atoms with Crippen molar-refractivity contribution in [2.24, 2.45) is 0 Å². The maximum absolute atomic E-state index is 12.2. The van der Waals surface area contributed by atoms with Crippen molar-refractivity contribution in [1.29, 1.82) is 0 Å². The van der Waals surface area contributed by atoms with Gasteiger partial charge in [0.2, 0.25) is 5.82 Å². The first-order valence-corrected chi connectivity index (χ1v) is 8.53. The van der Waals surface area contributed by atoms with Gasteiger partial charge in [-0.3, -0.25) is 4.79 Å². The molecule has 1 N–H and O–H groups in total. The van der Waals surface area contributed by atoms with Gasteiger partial charge >= 0.3 is 0 Å². The lowest BCUT2D eigenvalue weighted by Crippen LogP contribution is -2.33. The Bertz CT molecular complexity index is 742. The van der Waals surface area contributed by atoms with Crippen molar-refractivity contribution in [3.05, 3.63) is 41.2 Å². The van der Waals surface area contributed by atoms with E-state index in [1.54, 1.807) is 20.4 Å². The molecule has 0 saturated carbocycles. The molecule has 1 amide bonds. The Balaban J connectivity index is 1.72. The minimum absolute atomic E-state index is 0.170. The molecule has 1 aliphatic heterocycles.